The summed E-state index contributed by atoms with van der Waals surface area (Å²) in [7, 11) is 0. The van der Waals surface area contributed by atoms with Crippen LogP contribution in [0.2, 0.25) is 0 Å². The maximum absolute atomic E-state index is 15.1. The van der Waals surface area contributed by atoms with Crippen molar-refractivity contribution in [1.82, 2.24) is 20.9 Å². The highest BCUT2D eigenvalue weighted by Crippen LogP contribution is 2.32. The molecule has 0 aliphatic carbocycles. The summed E-state index contributed by atoms with van der Waals surface area (Å²) in [6.45, 7) is 2.36. The molecule has 0 saturated carbocycles. The number of Topliss-reactive ketones (excluding diaryl/α,β-unsaturated/α-hetero) is 1. The third-order valence-electron chi connectivity index (χ3n) is 6.08. The van der Waals surface area contributed by atoms with E-state index in [1.165, 1.54) is 9.91 Å². The topological polar surface area (TPSA) is 120 Å². The fourth-order valence-electron chi connectivity index (χ4n) is 4.20. The molecule has 2 aliphatic rings. The minimum Gasteiger partial charge on any atom is -0.444 e. The average molecular weight is 542 g/mol. The van der Waals surface area contributed by atoms with E-state index in [-0.39, 0.29) is 57.1 Å². The van der Waals surface area contributed by atoms with Gasteiger partial charge in [0.05, 0.1) is 25.3 Å². The molecule has 15 heteroatoms. The number of cyclic esters (lactones) is 1. The number of aromatic nitrogens is 1. The molecule has 4 rings (SSSR count). The van der Waals surface area contributed by atoms with E-state index in [1.54, 1.807) is 13.0 Å². The van der Waals surface area contributed by atoms with Gasteiger partial charge in [-0.2, -0.15) is 0 Å². The van der Waals surface area contributed by atoms with Crippen LogP contribution < -0.4 is 20.5 Å². The number of hydrazine groups is 1. The Bertz CT molecular complexity index is 1170. The quantitative estimate of drug-likeness (QED) is 0.489. The van der Waals surface area contributed by atoms with Gasteiger partial charge >= 0.3 is 12.1 Å². The highest BCUT2D eigenvalue weighted by molar-refractivity contribution is 5.90. The molecular formula is C23H26F4N6O5. The fourth-order valence-corrected chi connectivity index (χ4v) is 4.20. The summed E-state index contributed by atoms with van der Waals surface area (Å²) in [4.78, 5) is 38.3. The van der Waals surface area contributed by atoms with Gasteiger partial charge in [0.1, 0.15) is 23.2 Å². The first kappa shape index (κ1) is 27.2. The van der Waals surface area contributed by atoms with E-state index in [9.17, 15) is 23.2 Å². The second-order valence-corrected chi connectivity index (χ2v) is 8.81. The molecule has 1 atom stereocenters. The third kappa shape index (κ3) is 6.33. The first-order valence-electron chi connectivity index (χ1n) is 11.9. The van der Waals surface area contributed by atoms with E-state index in [2.05, 4.69) is 15.9 Å². The zero-order valence-corrected chi connectivity index (χ0v) is 20.4. The number of hydrogen-bond acceptors (Lipinski definition) is 8. The third-order valence-corrected chi connectivity index (χ3v) is 6.08. The number of rotatable bonds is 8. The number of ketones is 1. The van der Waals surface area contributed by atoms with Crippen molar-refractivity contribution >= 4 is 29.3 Å². The van der Waals surface area contributed by atoms with Crippen LogP contribution in [0.4, 0.5) is 38.5 Å². The molecule has 2 fully saturated rings. The first-order chi connectivity index (χ1) is 18.1. The van der Waals surface area contributed by atoms with Crippen LogP contribution in [0, 0.1) is 18.6 Å². The van der Waals surface area contributed by atoms with Gasteiger partial charge in [0.2, 0.25) is 0 Å². The Labute approximate surface area is 214 Å². The van der Waals surface area contributed by atoms with Crippen LogP contribution in [-0.2, 0) is 16.1 Å². The van der Waals surface area contributed by atoms with Crippen LogP contribution in [0.3, 0.4) is 0 Å². The Morgan fingerprint density at radius 3 is 2.58 bits per heavy atom. The number of urea groups is 1. The van der Waals surface area contributed by atoms with Gasteiger partial charge in [0.25, 0.3) is 6.43 Å². The number of carbonyl (C=O) groups excluding carboxylic acids is 3. The molecule has 2 saturated heterocycles. The van der Waals surface area contributed by atoms with Gasteiger partial charge in [0.15, 0.2) is 17.4 Å². The van der Waals surface area contributed by atoms with Crippen molar-refractivity contribution in [2.45, 2.75) is 38.8 Å². The molecule has 2 aliphatic heterocycles. The van der Waals surface area contributed by atoms with Gasteiger partial charge in [-0.25, -0.2) is 32.6 Å². The SMILES string of the molecule is Cc1cc(CNC(=O)N2CCN(c3c(F)cc(N4C[C@H](CCC(=O)C(F)F)OC4=O)cc3F)CCN2)no1. The first-order valence-corrected chi connectivity index (χ1v) is 11.9. The molecule has 0 radical (unpaired) electrons. The van der Waals surface area contributed by atoms with Crippen molar-refractivity contribution in [3.8, 4) is 0 Å². The molecule has 11 nitrogen and oxygen atoms in total. The van der Waals surface area contributed by atoms with Crippen LogP contribution in [0.5, 0.6) is 0 Å². The van der Waals surface area contributed by atoms with E-state index in [1.807, 2.05) is 0 Å². The Balaban J connectivity index is 1.36. The molecule has 3 amide bonds. The van der Waals surface area contributed by atoms with Gasteiger partial charge in [-0.05, 0) is 13.3 Å². The number of halogens is 4. The second kappa shape index (κ2) is 11.7. The summed E-state index contributed by atoms with van der Waals surface area (Å²) in [6.07, 6.45) is -5.48. The number of nitrogens with zero attached hydrogens (tertiary/aromatic N) is 4. The number of aryl methyl sites for hydroxylation is 1. The van der Waals surface area contributed by atoms with Crippen LogP contribution in [0.15, 0.2) is 22.7 Å². The molecule has 1 aromatic carbocycles. The van der Waals surface area contributed by atoms with Gasteiger partial charge in [-0.3, -0.25) is 14.7 Å². The Hall–Kier alpha value is -3.88. The summed E-state index contributed by atoms with van der Waals surface area (Å²) in [6, 6.07) is 3.20. The standard InChI is InChI=1S/C23H26F4N6O5/c1-13-8-14(30-38-13)11-28-22(35)33-7-6-31(5-4-29-33)20-17(24)9-15(10-18(20)25)32-12-16(37-23(32)36)2-3-19(34)21(26)27/h8-10,16,21,29H,2-7,11-12H2,1H3,(H,28,35)/t16-/m0/s1. The summed E-state index contributed by atoms with van der Waals surface area (Å²) in [5.41, 5.74) is 3.03. The number of alkyl halides is 2. The summed E-state index contributed by atoms with van der Waals surface area (Å²) in [5, 5.41) is 7.78. The van der Waals surface area contributed by atoms with E-state index in [0.717, 1.165) is 17.0 Å². The van der Waals surface area contributed by atoms with E-state index in [4.69, 9.17) is 9.26 Å². The minimum absolute atomic E-state index is 0.103. The van der Waals surface area contributed by atoms with Crippen molar-refractivity contribution in [2.75, 3.05) is 42.5 Å². The lowest BCUT2D eigenvalue weighted by Gasteiger charge is -2.25. The minimum atomic E-state index is -3.11. The van der Waals surface area contributed by atoms with E-state index in [0.29, 0.717) is 11.5 Å². The smallest absolute Gasteiger partial charge is 0.414 e. The number of carbonyl (C=O) groups is 3. The zero-order chi connectivity index (χ0) is 27.4. The van der Waals surface area contributed by atoms with Crippen molar-refractivity contribution < 1.29 is 41.2 Å². The van der Waals surface area contributed by atoms with Crippen LogP contribution in [0.1, 0.15) is 24.3 Å². The molecule has 0 unspecified atom stereocenters. The number of benzene rings is 1. The van der Waals surface area contributed by atoms with Crippen LogP contribution in [0.25, 0.3) is 0 Å². The Morgan fingerprint density at radius 2 is 1.92 bits per heavy atom. The van der Waals surface area contributed by atoms with Crippen molar-refractivity contribution in [3.63, 3.8) is 0 Å². The molecule has 0 spiro atoms. The molecular weight excluding hydrogens is 516 g/mol. The summed E-state index contributed by atoms with van der Waals surface area (Å²) >= 11 is 0. The number of anilines is 2. The normalized spacial score (nSPS) is 18.1. The summed E-state index contributed by atoms with van der Waals surface area (Å²) < 4.78 is 65.0. The molecule has 2 aromatic rings. The van der Waals surface area contributed by atoms with Gasteiger partial charge in [0, 0.05) is 44.3 Å². The Morgan fingerprint density at radius 1 is 1.18 bits per heavy atom. The number of hydrogen-bond donors (Lipinski definition) is 2. The number of ether oxygens (including phenoxy) is 1. The molecule has 38 heavy (non-hydrogen) atoms. The fraction of sp³-hybridized carbons (Fsp3) is 0.478. The van der Waals surface area contributed by atoms with Gasteiger partial charge < -0.3 is 19.5 Å². The number of nitrogens with one attached hydrogen (secondary N) is 2. The predicted octanol–water partition coefficient (Wildman–Crippen LogP) is 2.74. The van der Waals surface area contributed by atoms with E-state index < -0.39 is 48.5 Å². The van der Waals surface area contributed by atoms with Crippen LogP contribution in [-0.4, -0.2) is 73.3 Å². The lowest BCUT2D eigenvalue weighted by Crippen LogP contribution is -2.48. The summed E-state index contributed by atoms with van der Waals surface area (Å²) in [5.74, 6) is -2.52. The van der Waals surface area contributed by atoms with Gasteiger partial charge in [-0.1, -0.05) is 5.16 Å². The molecule has 2 N–H and O–H groups in total. The monoisotopic (exact) mass is 542 g/mol. The highest BCUT2D eigenvalue weighted by Gasteiger charge is 2.34. The van der Waals surface area contributed by atoms with Crippen molar-refractivity contribution in [3.05, 3.63) is 41.3 Å². The maximum atomic E-state index is 15.1. The molecule has 206 valence electrons. The molecule has 3 heterocycles. The average Bonchev–Trinajstić information content (AvgIpc) is 3.37. The maximum Gasteiger partial charge on any atom is 0.414 e. The zero-order valence-electron chi connectivity index (χ0n) is 20.4. The lowest BCUT2D eigenvalue weighted by molar-refractivity contribution is -0.129. The predicted molar refractivity (Wildman–Crippen MR) is 125 cm³/mol. The van der Waals surface area contributed by atoms with Crippen LogP contribution >= 0.6 is 0 Å². The van der Waals surface area contributed by atoms with E-state index >= 15 is 8.78 Å². The number of amides is 3. The second-order valence-electron chi connectivity index (χ2n) is 8.81. The largest absolute Gasteiger partial charge is 0.444 e. The highest BCUT2D eigenvalue weighted by atomic mass is 19.3. The molecule has 0 bridgehead atoms. The molecule has 1 aromatic heterocycles. The van der Waals surface area contributed by atoms with Crippen molar-refractivity contribution in [1.29, 1.82) is 0 Å². The van der Waals surface area contributed by atoms with Gasteiger partial charge in [-0.15, -0.1) is 0 Å². The van der Waals surface area contributed by atoms with Crippen molar-refractivity contribution in [2.24, 2.45) is 0 Å². The lowest BCUT2D eigenvalue weighted by atomic mass is 10.1. The Kier molecular flexibility index (Phi) is 8.34.